The SMILES string of the molecule is CC(C)N(C)S(=O)C(C)(C)C(=O)N=C(N)/C=C(\O)C(C)(C)C. The molecular formula is C15H29N3O3S. The molecule has 0 aliphatic carbocycles. The zero-order chi connectivity index (χ0) is 17.9. The molecule has 7 heteroatoms. The average molecular weight is 331 g/mol. The molecule has 0 fully saturated rings. The van der Waals surface area contributed by atoms with Crippen molar-refractivity contribution in [2.24, 2.45) is 16.1 Å². The molecule has 3 N–H and O–H groups in total. The normalized spacial score (nSPS) is 16.3. The number of nitrogens with zero attached hydrogens (tertiary/aromatic N) is 2. The smallest absolute Gasteiger partial charge is 0.267 e. The molecule has 128 valence electrons. The second-order valence-electron chi connectivity index (χ2n) is 7.02. The summed E-state index contributed by atoms with van der Waals surface area (Å²) in [5.74, 6) is -0.664. The van der Waals surface area contributed by atoms with Crippen LogP contribution in [0.15, 0.2) is 16.8 Å². The Morgan fingerprint density at radius 2 is 1.73 bits per heavy atom. The molecule has 0 aliphatic rings. The third kappa shape index (κ3) is 5.53. The quantitative estimate of drug-likeness (QED) is 0.458. The van der Waals surface area contributed by atoms with Crippen molar-refractivity contribution in [1.82, 2.24) is 4.31 Å². The first-order chi connectivity index (χ1) is 9.71. The van der Waals surface area contributed by atoms with Crippen LogP contribution >= 0.6 is 0 Å². The second-order valence-corrected chi connectivity index (χ2v) is 9.12. The highest BCUT2D eigenvalue weighted by molar-refractivity contribution is 7.85. The molecule has 1 unspecified atom stereocenters. The first kappa shape index (κ1) is 20.8. The third-order valence-corrected chi connectivity index (χ3v) is 5.22. The first-order valence-corrected chi connectivity index (χ1v) is 8.26. The molecule has 0 rings (SSSR count). The first-order valence-electron chi connectivity index (χ1n) is 7.15. The Hall–Kier alpha value is -1.21. The van der Waals surface area contributed by atoms with Gasteiger partial charge in [-0.05, 0) is 27.7 Å². The molecule has 22 heavy (non-hydrogen) atoms. The van der Waals surface area contributed by atoms with Gasteiger partial charge in [-0.3, -0.25) is 4.79 Å². The van der Waals surface area contributed by atoms with E-state index in [9.17, 15) is 14.1 Å². The standard InChI is InChI=1S/C15H29N3O3S/c1-10(2)18(8)22(21)15(6,7)13(20)17-12(16)9-11(19)14(3,4)5/h9-10,19H,1-8H3,(H2,16,17,20)/b11-9-. The molecule has 0 aliphatic heterocycles. The van der Waals surface area contributed by atoms with Crippen LogP contribution in [0.1, 0.15) is 48.5 Å². The predicted octanol–water partition coefficient (Wildman–Crippen LogP) is 2.14. The van der Waals surface area contributed by atoms with Crippen LogP contribution in [-0.2, 0) is 15.8 Å². The van der Waals surface area contributed by atoms with Crippen molar-refractivity contribution in [2.45, 2.75) is 59.3 Å². The summed E-state index contributed by atoms with van der Waals surface area (Å²) < 4.78 is 12.9. The van der Waals surface area contributed by atoms with Crippen molar-refractivity contribution < 1.29 is 14.1 Å². The fourth-order valence-corrected chi connectivity index (χ4v) is 2.56. The maximum Gasteiger partial charge on any atom is 0.267 e. The lowest BCUT2D eigenvalue weighted by molar-refractivity contribution is -0.119. The summed E-state index contributed by atoms with van der Waals surface area (Å²) in [5, 5.41) is 9.86. The van der Waals surface area contributed by atoms with E-state index in [4.69, 9.17) is 5.73 Å². The number of allylic oxidation sites excluding steroid dienone is 1. The van der Waals surface area contributed by atoms with Gasteiger partial charge in [0.25, 0.3) is 5.91 Å². The van der Waals surface area contributed by atoms with E-state index in [-0.39, 0.29) is 17.6 Å². The van der Waals surface area contributed by atoms with Crippen LogP contribution in [0.2, 0.25) is 0 Å². The molecule has 6 nitrogen and oxygen atoms in total. The lowest BCUT2D eigenvalue weighted by Gasteiger charge is -2.28. The zero-order valence-corrected chi connectivity index (χ0v) is 15.6. The van der Waals surface area contributed by atoms with Gasteiger partial charge >= 0.3 is 0 Å². The van der Waals surface area contributed by atoms with Crippen molar-refractivity contribution >= 4 is 22.7 Å². The summed E-state index contributed by atoms with van der Waals surface area (Å²) in [5.41, 5.74) is 5.20. The van der Waals surface area contributed by atoms with Gasteiger partial charge in [-0.2, -0.15) is 4.99 Å². The summed E-state index contributed by atoms with van der Waals surface area (Å²) in [7, 11) is 0.145. The van der Waals surface area contributed by atoms with Gasteiger partial charge in [-0.25, -0.2) is 8.51 Å². The molecule has 0 saturated heterocycles. The number of amidine groups is 1. The highest BCUT2D eigenvalue weighted by Crippen LogP contribution is 2.22. The maximum atomic E-state index is 12.5. The van der Waals surface area contributed by atoms with Gasteiger partial charge in [0.2, 0.25) is 0 Å². The fraction of sp³-hybridized carbons (Fsp3) is 0.733. The van der Waals surface area contributed by atoms with E-state index >= 15 is 0 Å². The summed E-state index contributed by atoms with van der Waals surface area (Å²) in [6, 6.07) is 0.0269. The van der Waals surface area contributed by atoms with Crippen molar-refractivity contribution in [1.29, 1.82) is 0 Å². The lowest BCUT2D eigenvalue weighted by Crippen LogP contribution is -2.45. The van der Waals surface area contributed by atoms with Crippen LogP contribution < -0.4 is 5.73 Å². The van der Waals surface area contributed by atoms with Crippen molar-refractivity contribution in [2.75, 3.05) is 7.05 Å². The molecule has 0 aromatic carbocycles. The molecule has 0 bridgehead atoms. The molecule has 0 aromatic rings. The molecular weight excluding hydrogens is 302 g/mol. The number of hydrogen-bond donors (Lipinski definition) is 2. The molecule has 0 radical (unpaired) electrons. The molecule has 1 atom stereocenters. The molecule has 0 aromatic heterocycles. The lowest BCUT2D eigenvalue weighted by atomic mass is 9.93. The summed E-state index contributed by atoms with van der Waals surface area (Å²) >= 11 is 0. The number of amides is 1. The number of aliphatic imine (C=N–C) groups is 1. The van der Waals surface area contributed by atoms with Gasteiger partial charge in [0.1, 0.15) is 27.3 Å². The Labute approximate surface area is 136 Å². The Bertz CT molecular complexity index is 503. The molecule has 0 saturated carbocycles. The Morgan fingerprint density at radius 1 is 1.27 bits per heavy atom. The van der Waals surface area contributed by atoms with Crippen LogP contribution in [0.5, 0.6) is 0 Å². The number of rotatable bonds is 5. The van der Waals surface area contributed by atoms with E-state index < -0.39 is 27.1 Å². The minimum absolute atomic E-state index is 0.0269. The maximum absolute atomic E-state index is 12.5. The van der Waals surface area contributed by atoms with E-state index in [0.717, 1.165) is 0 Å². The number of hydrogen-bond acceptors (Lipinski definition) is 3. The summed E-state index contributed by atoms with van der Waals surface area (Å²) in [4.78, 5) is 16.0. The van der Waals surface area contributed by atoms with Gasteiger partial charge in [-0.1, -0.05) is 20.8 Å². The Kier molecular flexibility index (Phi) is 6.96. The fourth-order valence-electron chi connectivity index (χ4n) is 1.27. The highest BCUT2D eigenvalue weighted by Gasteiger charge is 2.38. The number of aliphatic hydroxyl groups is 1. The van der Waals surface area contributed by atoms with Gasteiger partial charge in [0.15, 0.2) is 0 Å². The molecule has 0 heterocycles. The molecule has 0 spiro atoms. The van der Waals surface area contributed by atoms with Crippen LogP contribution in [0.25, 0.3) is 0 Å². The van der Waals surface area contributed by atoms with E-state index in [2.05, 4.69) is 4.99 Å². The van der Waals surface area contributed by atoms with Crippen molar-refractivity contribution in [3.05, 3.63) is 11.8 Å². The van der Waals surface area contributed by atoms with E-state index in [1.54, 1.807) is 25.2 Å². The Balaban J connectivity index is 5.34. The van der Waals surface area contributed by atoms with Gasteiger partial charge in [0, 0.05) is 24.6 Å². The van der Waals surface area contributed by atoms with E-state index in [0.29, 0.717) is 0 Å². The number of aliphatic hydroxyl groups excluding tert-OH is 1. The monoisotopic (exact) mass is 331 g/mol. The minimum atomic E-state index is -1.54. The van der Waals surface area contributed by atoms with Crippen molar-refractivity contribution in [3.8, 4) is 0 Å². The Morgan fingerprint density at radius 3 is 2.09 bits per heavy atom. The minimum Gasteiger partial charge on any atom is -0.512 e. The van der Waals surface area contributed by atoms with E-state index in [1.165, 1.54) is 6.08 Å². The highest BCUT2D eigenvalue weighted by atomic mass is 32.2. The summed E-state index contributed by atoms with van der Waals surface area (Å²) in [6.07, 6.45) is 1.25. The molecule has 1 amide bonds. The van der Waals surface area contributed by atoms with Crippen molar-refractivity contribution in [3.63, 3.8) is 0 Å². The average Bonchev–Trinajstić information content (AvgIpc) is 2.35. The third-order valence-electron chi connectivity index (χ3n) is 3.22. The van der Waals surface area contributed by atoms with Crippen LogP contribution in [0.3, 0.4) is 0 Å². The number of carbonyl (C=O) groups excluding carboxylic acids is 1. The number of nitrogens with two attached hydrogens (primary N) is 1. The topological polar surface area (TPSA) is 96.0 Å². The zero-order valence-electron chi connectivity index (χ0n) is 14.8. The van der Waals surface area contributed by atoms with Gasteiger partial charge < -0.3 is 10.8 Å². The van der Waals surface area contributed by atoms with Gasteiger partial charge in [0.05, 0.1) is 0 Å². The predicted molar refractivity (Wildman–Crippen MR) is 91.9 cm³/mol. The van der Waals surface area contributed by atoms with Crippen LogP contribution in [-0.4, -0.2) is 43.2 Å². The summed E-state index contributed by atoms with van der Waals surface area (Å²) in [6.45, 7) is 12.3. The van der Waals surface area contributed by atoms with E-state index in [1.807, 2.05) is 34.6 Å². The van der Waals surface area contributed by atoms with Crippen LogP contribution in [0.4, 0.5) is 0 Å². The van der Waals surface area contributed by atoms with Crippen LogP contribution in [0, 0.1) is 5.41 Å². The van der Waals surface area contributed by atoms with Gasteiger partial charge in [-0.15, -0.1) is 0 Å². The largest absolute Gasteiger partial charge is 0.512 e. The number of carbonyl (C=O) groups is 1. The second kappa shape index (κ2) is 7.37.